The highest BCUT2D eigenvalue weighted by Gasteiger charge is 2.41. The molecule has 3 atom stereocenters. The molecule has 3 unspecified atom stereocenters. The third-order valence-corrected chi connectivity index (χ3v) is 8.36. The van der Waals surface area contributed by atoms with Crippen molar-refractivity contribution in [1.29, 1.82) is 0 Å². The minimum absolute atomic E-state index is 0.0310. The van der Waals surface area contributed by atoms with Gasteiger partial charge >= 0.3 is 0 Å². The first-order chi connectivity index (χ1) is 18.0. The van der Waals surface area contributed by atoms with Gasteiger partial charge in [-0.2, -0.15) is 0 Å². The maximum atomic E-state index is 14.1. The second-order valence-corrected chi connectivity index (χ2v) is 10.7. The van der Waals surface area contributed by atoms with Crippen molar-refractivity contribution in [3.63, 3.8) is 0 Å². The summed E-state index contributed by atoms with van der Waals surface area (Å²) in [4.78, 5) is 33.9. The topological polar surface area (TPSA) is 73.8 Å². The normalized spacial score (nSPS) is 21.3. The summed E-state index contributed by atoms with van der Waals surface area (Å²) in [5.41, 5.74) is 5.08. The quantitative estimate of drug-likeness (QED) is 0.570. The molecule has 2 aromatic carbocycles. The van der Waals surface area contributed by atoms with Gasteiger partial charge in [0.1, 0.15) is 11.9 Å². The number of amides is 2. The maximum absolute atomic E-state index is 14.1. The van der Waals surface area contributed by atoms with Crippen molar-refractivity contribution in [2.24, 2.45) is 10.9 Å². The Kier molecular flexibility index (Phi) is 7.70. The molecular weight excluding hydrogens is 467 g/mol. The summed E-state index contributed by atoms with van der Waals surface area (Å²) >= 11 is 0. The Morgan fingerprint density at radius 3 is 2.51 bits per heavy atom. The Morgan fingerprint density at radius 1 is 1.03 bits per heavy atom. The number of aliphatic imine (C=N–C) groups is 1. The lowest BCUT2D eigenvalue weighted by molar-refractivity contribution is -0.138. The predicted molar refractivity (Wildman–Crippen MR) is 144 cm³/mol. The minimum atomic E-state index is -0.497. The monoisotopic (exact) mass is 504 g/mol. The molecule has 1 saturated carbocycles. The predicted octanol–water partition coefficient (Wildman–Crippen LogP) is 4.79. The summed E-state index contributed by atoms with van der Waals surface area (Å²) in [6.07, 6.45) is 7.81. The van der Waals surface area contributed by atoms with E-state index >= 15 is 0 Å². The van der Waals surface area contributed by atoms with Crippen LogP contribution in [0.5, 0.6) is 0 Å². The molecule has 2 aromatic rings. The fourth-order valence-electron chi connectivity index (χ4n) is 6.15. The summed E-state index contributed by atoms with van der Waals surface area (Å²) in [5.74, 6) is -0.180. The van der Waals surface area contributed by atoms with E-state index < -0.39 is 6.04 Å². The van der Waals surface area contributed by atoms with Crippen LogP contribution in [0.15, 0.2) is 47.5 Å². The van der Waals surface area contributed by atoms with Gasteiger partial charge < -0.3 is 15.5 Å². The molecule has 37 heavy (non-hydrogen) atoms. The Morgan fingerprint density at radius 2 is 1.78 bits per heavy atom. The largest absolute Gasteiger partial charge is 0.343 e. The molecule has 0 spiro atoms. The molecule has 2 N–H and O–H groups in total. The fourth-order valence-corrected chi connectivity index (χ4v) is 6.15. The number of carbonyl (C=O) groups is 2. The van der Waals surface area contributed by atoms with E-state index in [-0.39, 0.29) is 35.6 Å². The lowest BCUT2D eigenvalue weighted by Crippen LogP contribution is -2.57. The van der Waals surface area contributed by atoms with Gasteiger partial charge in [-0.3, -0.25) is 14.6 Å². The number of hydrogen-bond acceptors (Lipinski definition) is 4. The van der Waals surface area contributed by atoms with Crippen molar-refractivity contribution in [3.8, 4) is 11.1 Å². The van der Waals surface area contributed by atoms with Gasteiger partial charge in [-0.25, -0.2) is 4.39 Å². The molecule has 1 saturated heterocycles. The van der Waals surface area contributed by atoms with Crippen LogP contribution in [0.4, 0.5) is 10.1 Å². The van der Waals surface area contributed by atoms with E-state index in [2.05, 4.69) is 16.7 Å². The second-order valence-electron chi connectivity index (χ2n) is 10.7. The van der Waals surface area contributed by atoms with E-state index in [4.69, 9.17) is 4.99 Å². The number of rotatable bonds is 7. The Balaban J connectivity index is 1.37. The second kappa shape index (κ2) is 11.1. The van der Waals surface area contributed by atoms with Crippen LogP contribution in [0.3, 0.4) is 0 Å². The third-order valence-electron chi connectivity index (χ3n) is 8.36. The molecule has 2 aliphatic heterocycles. The first-order valence-corrected chi connectivity index (χ1v) is 13.7. The van der Waals surface area contributed by atoms with Crippen LogP contribution in [0.2, 0.25) is 0 Å². The molecular formula is C30H37FN4O2. The van der Waals surface area contributed by atoms with Crippen LogP contribution in [0.1, 0.15) is 57.4 Å². The van der Waals surface area contributed by atoms with Crippen LogP contribution >= 0.6 is 0 Å². The number of likely N-dealkylation sites (N-methyl/N-ethyl adjacent to an activating group) is 1. The van der Waals surface area contributed by atoms with Gasteiger partial charge in [-0.05, 0) is 80.5 Å². The van der Waals surface area contributed by atoms with Crippen molar-refractivity contribution in [3.05, 3.63) is 53.8 Å². The van der Waals surface area contributed by atoms with Crippen LogP contribution in [0, 0.1) is 11.7 Å². The van der Waals surface area contributed by atoms with Crippen molar-refractivity contribution in [2.75, 3.05) is 13.6 Å². The molecule has 196 valence electrons. The number of nitrogens with one attached hydrogen (secondary N) is 2. The van der Waals surface area contributed by atoms with Gasteiger partial charge in [-0.1, -0.05) is 43.5 Å². The standard InChI is InChI=1S/C30H37FN4O2/c1-19(32-2)29(36)34-28(21-8-4-3-5-9-21)30(37)35-17-7-12-27(35)26-18-24-23(10-6-11-25(24)33-26)20-13-15-22(31)16-14-20/h6,10-11,13-16,19,21,27-28,32H,3-5,7-9,12,17-18H2,1-2H3,(H,34,36). The highest BCUT2D eigenvalue weighted by Crippen LogP contribution is 2.38. The highest BCUT2D eigenvalue weighted by molar-refractivity contribution is 6.02. The fraction of sp³-hybridized carbons (Fsp3) is 0.500. The number of carbonyl (C=O) groups excluding carboxylic acids is 2. The molecule has 0 aromatic heterocycles. The van der Waals surface area contributed by atoms with E-state index in [0.717, 1.165) is 66.6 Å². The molecule has 0 bridgehead atoms. The zero-order valence-electron chi connectivity index (χ0n) is 21.8. The SMILES string of the molecule is CNC(C)C(=O)NC(C(=O)N1CCCC1C1=Nc2cccc(-c3ccc(F)cc3)c2C1)C1CCCCC1. The van der Waals surface area contributed by atoms with Crippen molar-refractivity contribution in [1.82, 2.24) is 15.5 Å². The molecule has 7 heteroatoms. The molecule has 0 radical (unpaired) electrons. The molecule has 1 aliphatic carbocycles. The van der Waals surface area contributed by atoms with Crippen LogP contribution in [-0.2, 0) is 16.0 Å². The number of halogens is 1. The number of hydrogen-bond donors (Lipinski definition) is 2. The zero-order chi connectivity index (χ0) is 25.9. The summed E-state index contributed by atoms with van der Waals surface area (Å²) in [6, 6.07) is 11.7. The molecule has 6 nitrogen and oxygen atoms in total. The van der Waals surface area contributed by atoms with Gasteiger partial charge in [0.25, 0.3) is 0 Å². The highest BCUT2D eigenvalue weighted by atomic mass is 19.1. The minimum Gasteiger partial charge on any atom is -0.343 e. The Labute approximate surface area is 218 Å². The van der Waals surface area contributed by atoms with Gasteiger partial charge in [0.2, 0.25) is 11.8 Å². The van der Waals surface area contributed by atoms with E-state index in [9.17, 15) is 14.0 Å². The van der Waals surface area contributed by atoms with Crippen molar-refractivity contribution >= 4 is 23.2 Å². The first-order valence-electron chi connectivity index (χ1n) is 13.7. The summed E-state index contributed by atoms with van der Waals surface area (Å²) in [5, 5.41) is 6.10. The van der Waals surface area contributed by atoms with Gasteiger partial charge in [0, 0.05) is 18.7 Å². The van der Waals surface area contributed by atoms with Crippen LogP contribution in [0.25, 0.3) is 11.1 Å². The molecule has 3 aliphatic rings. The summed E-state index contributed by atoms with van der Waals surface area (Å²) < 4.78 is 13.5. The van der Waals surface area contributed by atoms with Crippen molar-refractivity contribution in [2.45, 2.75) is 76.4 Å². The first kappa shape index (κ1) is 25.6. The molecule has 2 fully saturated rings. The average molecular weight is 505 g/mol. The van der Waals surface area contributed by atoms with Gasteiger partial charge in [0.05, 0.1) is 17.8 Å². The molecule has 2 amide bonds. The van der Waals surface area contributed by atoms with Crippen molar-refractivity contribution < 1.29 is 14.0 Å². The zero-order valence-corrected chi connectivity index (χ0v) is 21.8. The summed E-state index contributed by atoms with van der Waals surface area (Å²) in [7, 11) is 1.76. The lowest BCUT2D eigenvalue weighted by Gasteiger charge is -2.35. The van der Waals surface area contributed by atoms with Crippen LogP contribution in [-0.4, -0.2) is 54.1 Å². The average Bonchev–Trinajstić information content (AvgIpc) is 3.59. The number of likely N-dealkylation sites (tertiary alicyclic amines) is 1. The van der Waals surface area contributed by atoms with E-state index in [0.29, 0.717) is 13.0 Å². The summed E-state index contributed by atoms with van der Waals surface area (Å²) in [6.45, 7) is 2.50. The maximum Gasteiger partial charge on any atom is 0.245 e. The van der Waals surface area contributed by atoms with Crippen LogP contribution < -0.4 is 10.6 Å². The third kappa shape index (κ3) is 5.33. The Bertz CT molecular complexity index is 1170. The molecule has 5 rings (SSSR count). The lowest BCUT2D eigenvalue weighted by atomic mass is 9.83. The number of fused-ring (bicyclic) bond motifs is 1. The van der Waals surface area contributed by atoms with E-state index in [1.54, 1.807) is 19.2 Å². The van der Waals surface area contributed by atoms with Gasteiger partial charge in [-0.15, -0.1) is 0 Å². The smallest absolute Gasteiger partial charge is 0.245 e. The number of nitrogens with zero attached hydrogens (tertiary/aromatic N) is 2. The Hall–Kier alpha value is -3.06. The number of benzene rings is 2. The van der Waals surface area contributed by atoms with E-state index in [1.807, 2.05) is 24.0 Å². The van der Waals surface area contributed by atoms with Gasteiger partial charge in [0.15, 0.2) is 0 Å². The van der Waals surface area contributed by atoms with E-state index in [1.165, 1.54) is 18.6 Å². The molecule has 2 heterocycles.